The second-order valence-electron chi connectivity index (χ2n) is 8.02. The predicted octanol–water partition coefficient (Wildman–Crippen LogP) is 8.23. The Balaban J connectivity index is 2.02. The third-order valence-electron chi connectivity index (χ3n) is 5.36. The van der Waals surface area contributed by atoms with Crippen LogP contribution in [0.1, 0.15) is 68.2 Å². The van der Waals surface area contributed by atoms with Crippen LogP contribution in [0.15, 0.2) is 60.5 Å². The van der Waals surface area contributed by atoms with Crippen molar-refractivity contribution in [1.29, 1.82) is 0 Å². The minimum Gasteiger partial charge on any atom is -0.385 e. The summed E-state index contributed by atoms with van der Waals surface area (Å²) in [4.78, 5) is 2.33. The van der Waals surface area contributed by atoms with Gasteiger partial charge in [-0.15, -0.1) is 0 Å². The largest absolute Gasteiger partial charge is 0.385 e. The number of nitrogens with one attached hydrogen (secondary N) is 1. The Kier molecular flexibility index (Phi) is 9.60. The third kappa shape index (κ3) is 7.44. The SMILES string of the molecule is C=C(NCCC(CCC)CCC)c1cc(C)cc(C(=C)Sc2ccccc2C)c1. The van der Waals surface area contributed by atoms with Gasteiger partial charge >= 0.3 is 0 Å². The molecule has 0 unspecified atom stereocenters. The van der Waals surface area contributed by atoms with Crippen LogP contribution >= 0.6 is 11.8 Å². The molecule has 29 heavy (non-hydrogen) atoms. The number of hydrogen-bond acceptors (Lipinski definition) is 2. The summed E-state index contributed by atoms with van der Waals surface area (Å²) in [5.41, 5.74) is 5.86. The molecule has 0 aliphatic rings. The Morgan fingerprint density at radius 1 is 0.931 bits per heavy atom. The quantitative estimate of drug-likeness (QED) is 0.356. The van der Waals surface area contributed by atoms with Gasteiger partial charge in [0.05, 0.1) is 0 Å². The highest BCUT2D eigenvalue weighted by Gasteiger charge is 2.10. The van der Waals surface area contributed by atoms with Crippen LogP contribution in [0.3, 0.4) is 0 Å². The molecule has 0 saturated carbocycles. The monoisotopic (exact) mass is 407 g/mol. The van der Waals surface area contributed by atoms with Crippen molar-refractivity contribution in [3.05, 3.63) is 77.9 Å². The van der Waals surface area contributed by atoms with Crippen molar-refractivity contribution in [3.63, 3.8) is 0 Å². The van der Waals surface area contributed by atoms with Crippen molar-refractivity contribution >= 4 is 22.4 Å². The first-order valence-electron chi connectivity index (χ1n) is 10.9. The molecule has 2 heteroatoms. The smallest absolute Gasteiger partial charge is 0.0341 e. The molecule has 0 spiro atoms. The highest BCUT2D eigenvalue weighted by Crippen LogP contribution is 2.35. The van der Waals surface area contributed by atoms with Crippen LogP contribution < -0.4 is 5.32 Å². The van der Waals surface area contributed by atoms with Gasteiger partial charge < -0.3 is 5.32 Å². The Morgan fingerprint density at radius 2 is 1.59 bits per heavy atom. The van der Waals surface area contributed by atoms with Crippen molar-refractivity contribution in [2.24, 2.45) is 5.92 Å². The molecule has 0 atom stereocenters. The van der Waals surface area contributed by atoms with E-state index in [0.29, 0.717) is 0 Å². The molecule has 2 aromatic rings. The van der Waals surface area contributed by atoms with Gasteiger partial charge in [-0.1, -0.05) is 88.7 Å². The molecule has 1 N–H and O–H groups in total. The van der Waals surface area contributed by atoms with Gasteiger partial charge in [0.1, 0.15) is 0 Å². The molecule has 156 valence electrons. The molecule has 0 radical (unpaired) electrons. The zero-order valence-corrected chi connectivity index (χ0v) is 19.5. The second kappa shape index (κ2) is 11.9. The lowest BCUT2D eigenvalue weighted by Gasteiger charge is -2.18. The molecule has 0 amide bonds. The van der Waals surface area contributed by atoms with Crippen LogP contribution in [-0.4, -0.2) is 6.54 Å². The van der Waals surface area contributed by atoms with Gasteiger partial charge in [-0.05, 0) is 66.6 Å². The molecule has 0 heterocycles. The average Bonchev–Trinajstić information content (AvgIpc) is 2.69. The van der Waals surface area contributed by atoms with E-state index in [1.54, 1.807) is 11.8 Å². The molecular weight excluding hydrogens is 370 g/mol. The zero-order chi connectivity index (χ0) is 21.2. The van der Waals surface area contributed by atoms with Gasteiger partial charge in [0, 0.05) is 22.0 Å². The van der Waals surface area contributed by atoms with Crippen LogP contribution in [0.4, 0.5) is 0 Å². The molecule has 2 aromatic carbocycles. The summed E-state index contributed by atoms with van der Waals surface area (Å²) >= 11 is 1.74. The Bertz CT molecular complexity index is 815. The van der Waals surface area contributed by atoms with E-state index in [2.05, 4.69) is 88.6 Å². The first-order chi connectivity index (χ1) is 13.9. The first kappa shape index (κ1) is 23.3. The van der Waals surface area contributed by atoms with Gasteiger partial charge in [-0.2, -0.15) is 0 Å². The van der Waals surface area contributed by atoms with Crippen molar-refractivity contribution in [3.8, 4) is 0 Å². The predicted molar refractivity (Wildman–Crippen MR) is 132 cm³/mol. The summed E-state index contributed by atoms with van der Waals surface area (Å²) in [6, 6.07) is 15.1. The number of rotatable bonds is 12. The summed E-state index contributed by atoms with van der Waals surface area (Å²) in [6.07, 6.45) is 6.41. The van der Waals surface area contributed by atoms with Crippen molar-refractivity contribution in [2.45, 2.75) is 64.7 Å². The fourth-order valence-corrected chi connectivity index (χ4v) is 4.64. The van der Waals surface area contributed by atoms with Gasteiger partial charge in [0.2, 0.25) is 0 Å². The summed E-state index contributed by atoms with van der Waals surface area (Å²) in [7, 11) is 0. The second-order valence-corrected chi connectivity index (χ2v) is 9.15. The lowest BCUT2D eigenvalue weighted by molar-refractivity contribution is 0.410. The molecule has 0 aromatic heterocycles. The number of hydrogen-bond donors (Lipinski definition) is 1. The third-order valence-corrected chi connectivity index (χ3v) is 6.52. The molecule has 0 aliphatic heterocycles. The van der Waals surface area contributed by atoms with E-state index >= 15 is 0 Å². The average molecular weight is 408 g/mol. The van der Waals surface area contributed by atoms with Crippen LogP contribution in [0.2, 0.25) is 0 Å². The van der Waals surface area contributed by atoms with E-state index in [0.717, 1.165) is 28.6 Å². The molecule has 1 nitrogen and oxygen atoms in total. The molecule has 0 aliphatic carbocycles. The van der Waals surface area contributed by atoms with Gasteiger partial charge in [-0.25, -0.2) is 0 Å². The van der Waals surface area contributed by atoms with Crippen molar-refractivity contribution in [1.82, 2.24) is 5.32 Å². The summed E-state index contributed by atoms with van der Waals surface area (Å²) in [5, 5.41) is 3.57. The summed E-state index contributed by atoms with van der Waals surface area (Å²) in [6.45, 7) is 18.5. The van der Waals surface area contributed by atoms with Crippen LogP contribution in [0, 0.1) is 19.8 Å². The fraction of sp³-hybridized carbons (Fsp3) is 0.407. The summed E-state index contributed by atoms with van der Waals surface area (Å²) < 4.78 is 0. The van der Waals surface area contributed by atoms with E-state index < -0.39 is 0 Å². The lowest BCUT2D eigenvalue weighted by atomic mass is 9.95. The summed E-state index contributed by atoms with van der Waals surface area (Å²) in [5.74, 6) is 0.823. The maximum absolute atomic E-state index is 4.34. The molecule has 0 fully saturated rings. The Labute approximate surface area is 182 Å². The topological polar surface area (TPSA) is 12.0 Å². The van der Waals surface area contributed by atoms with E-state index in [1.165, 1.54) is 53.7 Å². The highest BCUT2D eigenvalue weighted by atomic mass is 32.2. The van der Waals surface area contributed by atoms with E-state index in [1.807, 2.05) is 0 Å². The number of benzene rings is 2. The maximum Gasteiger partial charge on any atom is 0.0341 e. The molecule has 2 rings (SSSR count). The number of thioether (sulfide) groups is 1. The Hall–Kier alpha value is -1.93. The minimum atomic E-state index is 0.823. The van der Waals surface area contributed by atoms with Crippen molar-refractivity contribution in [2.75, 3.05) is 6.54 Å². The minimum absolute atomic E-state index is 0.823. The normalized spacial score (nSPS) is 10.9. The van der Waals surface area contributed by atoms with Gasteiger partial charge in [0.15, 0.2) is 0 Å². The van der Waals surface area contributed by atoms with E-state index in [9.17, 15) is 0 Å². The molecule has 0 saturated heterocycles. The molecule has 0 bridgehead atoms. The van der Waals surface area contributed by atoms with Crippen LogP contribution in [-0.2, 0) is 0 Å². The Morgan fingerprint density at radius 3 is 2.24 bits per heavy atom. The van der Waals surface area contributed by atoms with E-state index in [4.69, 9.17) is 0 Å². The fourth-order valence-electron chi connectivity index (χ4n) is 3.76. The standard InChI is InChI=1S/C27H37NS/c1-7-11-24(12-8-2)15-16-28-22(5)25-17-20(3)18-26(19-25)23(6)29-27-14-10-9-13-21(27)4/h9-10,13-14,17-19,24,28H,5-8,11-12,15-16H2,1-4H3. The maximum atomic E-state index is 4.34. The van der Waals surface area contributed by atoms with Crippen LogP contribution in [0.5, 0.6) is 0 Å². The lowest BCUT2D eigenvalue weighted by Crippen LogP contribution is -2.16. The zero-order valence-electron chi connectivity index (χ0n) is 18.7. The highest BCUT2D eigenvalue weighted by molar-refractivity contribution is 8.08. The van der Waals surface area contributed by atoms with Gasteiger partial charge in [0.25, 0.3) is 0 Å². The van der Waals surface area contributed by atoms with Crippen molar-refractivity contribution < 1.29 is 0 Å². The number of aryl methyl sites for hydroxylation is 2. The van der Waals surface area contributed by atoms with Gasteiger partial charge in [-0.3, -0.25) is 0 Å². The first-order valence-corrected chi connectivity index (χ1v) is 11.7. The van der Waals surface area contributed by atoms with Crippen LogP contribution in [0.25, 0.3) is 10.6 Å². The van der Waals surface area contributed by atoms with E-state index in [-0.39, 0.29) is 0 Å². The molecular formula is C27H37NS.